The number of rotatable bonds is 5. The van der Waals surface area contributed by atoms with Crippen LogP contribution in [0.2, 0.25) is 0 Å². The third-order valence-electron chi connectivity index (χ3n) is 3.38. The Bertz CT molecular complexity index is 438. The summed E-state index contributed by atoms with van der Waals surface area (Å²) in [6.45, 7) is 3.42. The van der Waals surface area contributed by atoms with Gasteiger partial charge in [-0.2, -0.15) is 5.10 Å². The Morgan fingerprint density at radius 1 is 1.65 bits per heavy atom. The molecule has 1 heterocycles. The number of aromatic nitrogens is 2. The molecular weight excluding hydrogens is 216 g/mol. The Labute approximate surface area is 101 Å². The molecule has 1 unspecified atom stereocenters. The largest absolute Gasteiger partial charge is 0.373 e. The van der Waals surface area contributed by atoms with Crippen LogP contribution in [0.1, 0.15) is 19.8 Å². The second-order valence-electron chi connectivity index (χ2n) is 4.75. The highest BCUT2D eigenvalue weighted by Gasteiger charge is 2.28. The average Bonchev–Trinajstić information content (AvgIpc) is 3.14. The molecule has 1 aromatic rings. The number of nitrogens with two attached hydrogens (primary N) is 1. The molecule has 1 atom stereocenters. The second-order valence-corrected chi connectivity index (χ2v) is 4.75. The summed E-state index contributed by atoms with van der Waals surface area (Å²) in [4.78, 5) is 13.8. The molecule has 1 aliphatic carbocycles. The third-order valence-corrected chi connectivity index (χ3v) is 3.38. The Hall–Kier alpha value is -1.36. The summed E-state index contributed by atoms with van der Waals surface area (Å²) >= 11 is 0. The van der Waals surface area contributed by atoms with Crippen molar-refractivity contribution in [1.29, 1.82) is 0 Å². The van der Waals surface area contributed by atoms with Gasteiger partial charge < -0.3 is 10.6 Å². The first-order valence-electron chi connectivity index (χ1n) is 6.15. The summed E-state index contributed by atoms with van der Waals surface area (Å²) in [6.07, 6.45) is 4.10. The van der Waals surface area contributed by atoms with Crippen LogP contribution in [0.5, 0.6) is 0 Å². The first-order valence-corrected chi connectivity index (χ1v) is 6.15. The van der Waals surface area contributed by atoms with Crippen molar-refractivity contribution in [3.63, 3.8) is 0 Å². The van der Waals surface area contributed by atoms with Gasteiger partial charge in [-0.25, -0.2) is 4.68 Å². The molecule has 5 nitrogen and oxygen atoms in total. The molecule has 0 bridgehead atoms. The zero-order chi connectivity index (χ0) is 12.4. The quantitative estimate of drug-likeness (QED) is 0.805. The van der Waals surface area contributed by atoms with E-state index in [9.17, 15) is 4.79 Å². The summed E-state index contributed by atoms with van der Waals surface area (Å²) in [5.41, 5.74) is 6.78. The SMILES string of the molecule is CCN(C)c1cnn(CC(N)C2CC2)c(=O)c1. The van der Waals surface area contributed by atoms with E-state index in [2.05, 4.69) is 5.10 Å². The van der Waals surface area contributed by atoms with Crippen molar-refractivity contribution in [3.8, 4) is 0 Å². The van der Waals surface area contributed by atoms with Gasteiger partial charge in [-0.05, 0) is 25.7 Å². The van der Waals surface area contributed by atoms with E-state index >= 15 is 0 Å². The maximum absolute atomic E-state index is 11.9. The first-order chi connectivity index (χ1) is 8.11. The van der Waals surface area contributed by atoms with Gasteiger partial charge in [0.1, 0.15) is 0 Å². The number of hydrogen-bond acceptors (Lipinski definition) is 4. The van der Waals surface area contributed by atoms with Crippen LogP contribution in [-0.2, 0) is 6.54 Å². The normalized spacial score (nSPS) is 16.9. The van der Waals surface area contributed by atoms with Gasteiger partial charge in [0, 0.05) is 25.7 Å². The Morgan fingerprint density at radius 2 is 2.35 bits per heavy atom. The van der Waals surface area contributed by atoms with Crippen LogP contribution in [0.3, 0.4) is 0 Å². The molecule has 17 heavy (non-hydrogen) atoms. The van der Waals surface area contributed by atoms with Crippen LogP contribution >= 0.6 is 0 Å². The van der Waals surface area contributed by atoms with E-state index in [-0.39, 0.29) is 11.6 Å². The van der Waals surface area contributed by atoms with E-state index in [1.807, 2.05) is 18.9 Å². The van der Waals surface area contributed by atoms with E-state index in [4.69, 9.17) is 5.73 Å². The molecule has 2 rings (SSSR count). The molecule has 0 spiro atoms. The zero-order valence-corrected chi connectivity index (χ0v) is 10.5. The predicted molar refractivity (Wildman–Crippen MR) is 68.1 cm³/mol. The molecule has 0 aromatic carbocycles. The van der Waals surface area contributed by atoms with Crippen molar-refractivity contribution < 1.29 is 0 Å². The van der Waals surface area contributed by atoms with Crippen LogP contribution in [0.15, 0.2) is 17.1 Å². The molecule has 5 heteroatoms. The molecular formula is C12H20N4O. The van der Waals surface area contributed by atoms with Gasteiger partial charge in [0.2, 0.25) is 0 Å². The van der Waals surface area contributed by atoms with Gasteiger partial charge in [-0.1, -0.05) is 0 Å². The van der Waals surface area contributed by atoms with Gasteiger partial charge in [-0.3, -0.25) is 4.79 Å². The Balaban J connectivity index is 2.11. The standard InChI is InChI=1S/C12H20N4O/c1-3-15(2)10-6-12(17)16(14-7-10)8-11(13)9-4-5-9/h6-7,9,11H,3-5,8,13H2,1-2H3. The van der Waals surface area contributed by atoms with E-state index in [1.54, 1.807) is 12.3 Å². The highest BCUT2D eigenvalue weighted by atomic mass is 16.1. The lowest BCUT2D eigenvalue weighted by Gasteiger charge is -2.17. The van der Waals surface area contributed by atoms with Crippen molar-refractivity contribution >= 4 is 5.69 Å². The highest BCUT2D eigenvalue weighted by molar-refractivity contribution is 5.41. The molecule has 0 saturated heterocycles. The Morgan fingerprint density at radius 3 is 2.88 bits per heavy atom. The lowest BCUT2D eigenvalue weighted by molar-refractivity contribution is 0.455. The molecule has 94 valence electrons. The lowest BCUT2D eigenvalue weighted by atomic mass is 10.2. The van der Waals surface area contributed by atoms with Crippen LogP contribution in [-0.4, -0.2) is 29.4 Å². The molecule has 2 N–H and O–H groups in total. The molecule has 1 saturated carbocycles. The van der Waals surface area contributed by atoms with Gasteiger partial charge in [0.25, 0.3) is 5.56 Å². The van der Waals surface area contributed by atoms with Gasteiger partial charge in [-0.15, -0.1) is 0 Å². The minimum Gasteiger partial charge on any atom is -0.373 e. The summed E-state index contributed by atoms with van der Waals surface area (Å²) in [5.74, 6) is 0.585. The summed E-state index contributed by atoms with van der Waals surface area (Å²) in [6, 6.07) is 1.69. The van der Waals surface area contributed by atoms with Crippen LogP contribution in [0, 0.1) is 5.92 Å². The number of nitrogens with zero attached hydrogens (tertiary/aromatic N) is 3. The van der Waals surface area contributed by atoms with E-state index in [0.29, 0.717) is 12.5 Å². The van der Waals surface area contributed by atoms with Gasteiger partial charge in [0.15, 0.2) is 0 Å². The Kier molecular flexibility index (Phi) is 3.47. The van der Waals surface area contributed by atoms with Crippen molar-refractivity contribution in [1.82, 2.24) is 9.78 Å². The number of anilines is 1. The zero-order valence-electron chi connectivity index (χ0n) is 10.5. The van der Waals surface area contributed by atoms with Crippen molar-refractivity contribution in [2.45, 2.75) is 32.4 Å². The van der Waals surface area contributed by atoms with Crippen molar-refractivity contribution in [2.24, 2.45) is 11.7 Å². The molecule has 0 amide bonds. The lowest BCUT2D eigenvalue weighted by Crippen LogP contribution is -2.35. The van der Waals surface area contributed by atoms with Crippen molar-refractivity contribution in [3.05, 3.63) is 22.6 Å². The first kappa shape index (κ1) is 12.1. The maximum atomic E-state index is 11.9. The fourth-order valence-corrected chi connectivity index (χ4v) is 1.83. The monoisotopic (exact) mass is 236 g/mol. The smallest absolute Gasteiger partial charge is 0.268 e. The fourth-order valence-electron chi connectivity index (χ4n) is 1.83. The minimum absolute atomic E-state index is 0.0648. The van der Waals surface area contributed by atoms with Crippen LogP contribution in [0.25, 0.3) is 0 Å². The van der Waals surface area contributed by atoms with E-state index in [0.717, 1.165) is 12.2 Å². The molecule has 1 aromatic heterocycles. The maximum Gasteiger partial charge on any atom is 0.268 e. The molecule has 1 aliphatic rings. The average molecular weight is 236 g/mol. The van der Waals surface area contributed by atoms with Crippen LogP contribution < -0.4 is 16.2 Å². The number of hydrogen-bond donors (Lipinski definition) is 1. The molecule has 1 fully saturated rings. The summed E-state index contributed by atoms with van der Waals surface area (Å²) in [5, 5.41) is 4.18. The van der Waals surface area contributed by atoms with Gasteiger partial charge in [0.05, 0.1) is 18.4 Å². The van der Waals surface area contributed by atoms with Crippen LogP contribution in [0.4, 0.5) is 5.69 Å². The van der Waals surface area contributed by atoms with E-state index < -0.39 is 0 Å². The fraction of sp³-hybridized carbons (Fsp3) is 0.667. The minimum atomic E-state index is -0.0705. The van der Waals surface area contributed by atoms with E-state index in [1.165, 1.54) is 17.5 Å². The third kappa shape index (κ3) is 2.85. The molecule has 0 aliphatic heterocycles. The highest BCUT2D eigenvalue weighted by Crippen LogP contribution is 2.31. The topological polar surface area (TPSA) is 64.2 Å². The predicted octanol–water partition coefficient (Wildman–Crippen LogP) is 0.437. The molecule has 0 radical (unpaired) electrons. The van der Waals surface area contributed by atoms with Crippen molar-refractivity contribution in [2.75, 3.05) is 18.5 Å². The summed E-state index contributed by atoms with van der Waals surface area (Å²) < 4.78 is 1.47. The summed E-state index contributed by atoms with van der Waals surface area (Å²) in [7, 11) is 1.94. The second kappa shape index (κ2) is 4.87. The van der Waals surface area contributed by atoms with Gasteiger partial charge >= 0.3 is 0 Å².